The van der Waals surface area contributed by atoms with Gasteiger partial charge in [-0.15, -0.1) is 11.3 Å². The van der Waals surface area contributed by atoms with Gasteiger partial charge in [-0.2, -0.15) is 0 Å². The first-order valence-electron chi connectivity index (χ1n) is 5.27. The number of thiophene rings is 1. The molecule has 0 atom stereocenters. The second-order valence-corrected chi connectivity index (χ2v) is 4.84. The minimum Gasteiger partial charge on any atom is -0.508 e. The first kappa shape index (κ1) is 11.7. The van der Waals surface area contributed by atoms with Crippen LogP contribution in [-0.4, -0.2) is 11.0 Å². The van der Waals surface area contributed by atoms with Gasteiger partial charge in [-0.05, 0) is 42.1 Å². The van der Waals surface area contributed by atoms with Gasteiger partial charge >= 0.3 is 0 Å². The number of rotatable bonds is 3. The zero-order valence-corrected chi connectivity index (χ0v) is 10.3. The molecule has 0 aliphatic carbocycles. The van der Waals surface area contributed by atoms with E-state index in [0.717, 1.165) is 16.1 Å². The number of aryl methyl sites for hydroxylation is 1. The zero-order chi connectivity index (χ0) is 12.3. The Hall–Kier alpha value is -1.81. The van der Waals surface area contributed by atoms with Crippen molar-refractivity contribution in [1.29, 1.82) is 0 Å². The second-order valence-electron chi connectivity index (χ2n) is 3.80. The maximum Gasteiger partial charge on any atom is 0.229 e. The van der Waals surface area contributed by atoms with Gasteiger partial charge in [0.15, 0.2) is 0 Å². The summed E-state index contributed by atoms with van der Waals surface area (Å²) >= 11 is 1.57. The molecule has 0 aliphatic rings. The first-order chi connectivity index (χ1) is 8.15. The Morgan fingerprint density at radius 3 is 2.88 bits per heavy atom. The van der Waals surface area contributed by atoms with Gasteiger partial charge in [0.25, 0.3) is 0 Å². The molecule has 2 aromatic rings. The summed E-state index contributed by atoms with van der Waals surface area (Å²) in [5.74, 6) is 0.167. The average Bonchev–Trinajstić information content (AvgIpc) is 2.75. The number of carbonyl (C=O) groups excluding carboxylic acids is 1. The predicted molar refractivity (Wildman–Crippen MR) is 69.5 cm³/mol. The van der Waals surface area contributed by atoms with Crippen LogP contribution in [0.15, 0.2) is 35.7 Å². The van der Waals surface area contributed by atoms with Gasteiger partial charge in [-0.1, -0.05) is 6.07 Å². The lowest BCUT2D eigenvalue weighted by Crippen LogP contribution is -2.14. The van der Waals surface area contributed by atoms with E-state index < -0.39 is 0 Å². The second kappa shape index (κ2) is 5.01. The van der Waals surface area contributed by atoms with E-state index in [0.29, 0.717) is 6.42 Å². The molecule has 2 N–H and O–H groups in total. The fraction of sp³-hybridized carbons (Fsp3) is 0.154. The van der Waals surface area contributed by atoms with Crippen molar-refractivity contribution in [1.82, 2.24) is 0 Å². The molecule has 1 amide bonds. The van der Waals surface area contributed by atoms with Crippen LogP contribution >= 0.6 is 11.3 Å². The summed E-state index contributed by atoms with van der Waals surface area (Å²) in [6, 6.07) is 8.76. The highest BCUT2D eigenvalue weighted by atomic mass is 32.1. The Labute approximate surface area is 104 Å². The Kier molecular flexibility index (Phi) is 3.44. The number of phenols is 1. The van der Waals surface area contributed by atoms with E-state index in [1.807, 2.05) is 24.4 Å². The quantitative estimate of drug-likeness (QED) is 0.819. The van der Waals surface area contributed by atoms with Crippen molar-refractivity contribution in [3.63, 3.8) is 0 Å². The molecule has 88 valence electrons. The van der Waals surface area contributed by atoms with Crippen molar-refractivity contribution in [2.45, 2.75) is 13.3 Å². The van der Waals surface area contributed by atoms with Gasteiger partial charge in [-0.3, -0.25) is 4.79 Å². The maximum atomic E-state index is 11.8. The Bertz CT molecular complexity index is 520. The van der Waals surface area contributed by atoms with Crippen molar-refractivity contribution >= 4 is 22.9 Å². The van der Waals surface area contributed by atoms with Crippen molar-refractivity contribution in [2.75, 3.05) is 5.32 Å². The van der Waals surface area contributed by atoms with Crippen LogP contribution < -0.4 is 5.32 Å². The highest BCUT2D eigenvalue weighted by Gasteiger charge is 2.06. The number of carbonyl (C=O) groups is 1. The van der Waals surface area contributed by atoms with E-state index in [1.165, 1.54) is 0 Å². The van der Waals surface area contributed by atoms with E-state index in [9.17, 15) is 9.90 Å². The monoisotopic (exact) mass is 247 g/mol. The van der Waals surface area contributed by atoms with Crippen molar-refractivity contribution in [2.24, 2.45) is 0 Å². The highest BCUT2D eigenvalue weighted by Crippen LogP contribution is 2.20. The van der Waals surface area contributed by atoms with Gasteiger partial charge in [0, 0.05) is 10.6 Å². The Balaban J connectivity index is 2.03. The van der Waals surface area contributed by atoms with Crippen LogP contribution in [0.5, 0.6) is 5.75 Å². The first-order valence-corrected chi connectivity index (χ1v) is 6.15. The standard InChI is InChI=1S/C13H13NO2S/c1-9-7-10(15)4-5-12(9)14-13(16)8-11-3-2-6-17-11/h2-7,15H,8H2,1H3,(H,14,16). The highest BCUT2D eigenvalue weighted by molar-refractivity contribution is 7.10. The molecule has 3 nitrogen and oxygen atoms in total. The van der Waals surface area contributed by atoms with E-state index in [-0.39, 0.29) is 11.7 Å². The molecule has 0 unspecified atom stereocenters. The fourth-order valence-corrected chi connectivity index (χ4v) is 2.26. The van der Waals surface area contributed by atoms with Gasteiger partial charge in [0.05, 0.1) is 6.42 Å². The van der Waals surface area contributed by atoms with Crippen LogP contribution in [-0.2, 0) is 11.2 Å². The smallest absolute Gasteiger partial charge is 0.229 e. The third-order valence-electron chi connectivity index (χ3n) is 2.40. The van der Waals surface area contributed by atoms with Gasteiger partial charge in [0.2, 0.25) is 5.91 Å². The lowest BCUT2D eigenvalue weighted by molar-refractivity contribution is -0.115. The van der Waals surface area contributed by atoms with Crippen LogP contribution in [0.3, 0.4) is 0 Å². The van der Waals surface area contributed by atoms with Crippen LogP contribution in [0, 0.1) is 6.92 Å². The predicted octanol–water partition coefficient (Wildman–Crippen LogP) is 2.94. The lowest BCUT2D eigenvalue weighted by Gasteiger charge is -2.07. The van der Waals surface area contributed by atoms with Crippen molar-refractivity contribution in [3.8, 4) is 5.75 Å². The lowest BCUT2D eigenvalue weighted by atomic mass is 10.2. The molecule has 0 saturated heterocycles. The third kappa shape index (κ3) is 3.07. The molecule has 0 fully saturated rings. The molecule has 4 heteroatoms. The molecular weight excluding hydrogens is 234 g/mol. The Morgan fingerprint density at radius 1 is 1.41 bits per heavy atom. The minimum absolute atomic E-state index is 0.0405. The molecule has 1 aromatic heterocycles. The summed E-state index contributed by atoms with van der Waals surface area (Å²) in [4.78, 5) is 12.8. The summed E-state index contributed by atoms with van der Waals surface area (Å²) < 4.78 is 0. The van der Waals surface area contributed by atoms with E-state index in [2.05, 4.69) is 5.32 Å². The third-order valence-corrected chi connectivity index (χ3v) is 3.28. The molecule has 0 bridgehead atoms. The number of phenolic OH excluding ortho intramolecular Hbond substituents is 1. The molecule has 1 aromatic carbocycles. The number of benzene rings is 1. The molecule has 2 rings (SSSR count). The number of anilines is 1. The number of hydrogen-bond acceptors (Lipinski definition) is 3. The minimum atomic E-state index is -0.0405. The number of aromatic hydroxyl groups is 1. The van der Waals surface area contributed by atoms with Crippen LogP contribution in [0.4, 0.5) is 5.69 Å². The van der Waals surface area contributed by atoms with Crippen molar-refractivity contribution < 1.29 is 9.90 Å². The molecule has 0 aliphatic heterocycles. The van der Waals surface area contributed by atoms with Gasteiger partial charge in [-0.25, -0.2) is 0 Å². The van der Waals surface area contributed by atoms with Gasteiger partial charge < -0.3 is 10.4 Å². The summed E-state index contributed by atoms with van der Waals surface area (Å²) in [5.41, 5.74) is 1.59. The van der Waals surface area contributed by atoms with E-state index in [1.54, 1.807) is 29.5 Å². The average molecular weight is 247 g/mol. The number of nitrogens with one attached hydrogen (secondary N) is 1. The largest absolute Gasteiger partial charge is 0.508 e. The SMILES string of the molecule is Cc1cc(O)ccc1NC(=O)Cc1cccs1. The summed E-state index contributed by atoms with van der Waals surface area (Å²) in [6.45, 7) is 1.85. The van der Waals surface area contributed by atoms with Crippen LogP contribution in [0.25, 0.3) is 0 Å². The van der Waals surface area contributed by atoms with Crippen LogP contribution in [0.1, 0.15) is 10.4 Å². The fourth-order valence-electron chi connectivity index (χ4n) is 1.55. The topological polar surface area (TPSA) is 49.3 Å². The van der Waals surface area contributed by atoms with Crippen LogP contribution in [0.2, 0.25) is 0 Å². The maximum absolute atomic E-state index is 11.8. The van der Waals surface area contributed by atoms with E-state index >= 15 is 0 Å². The number of hydrogen-bond donors (Lipinski definition) is 2. The molecule has 17 heavy (non-hydrogen) atoms. The van der Waals surface area contributed by atoms with Gasteiger partial charge in [0.1, 0.15) is 5.75 Å². The summed E-state index contributed by atoms with van der Waals surface area (Å²) in [5, 5.41) is 14.1. The normalized spacial score (nSPS) is 10.2. The van der Waals surface area contributed by atoms with E-state index in [4.69, 9.17) is 0 Å². The molecule has 1 heterocycles. The summed E-state index contributed by atoms with van der Waals surface area (Å²) in [7, 11) is 0. The summed E-state index contributed by atoms with van der Waals surface area (Å²) in [6.07, 6.45) is 0.387. The zero-order valence-electron chi connectivity index (χ0n) is 9.43. The molecular formula is C13H13NO2S. The number of amides is 1. The van der Waals surface area contributed by atoms with Crippen molar-refractivity contribution in [3.05, 3.63) is 46.2 Å². The molecule has 0 saturated carbocycles. The molecule has 0 radical (unpaired) electrons. The Morgan fingerprint density at radius 2 is 2.24 bits per heavy atom. The molecule has 0 spiro atoms.